The summed E-state index contributed by atoms with van der Waals surface area (Å²) in [6, 6.07) is 17.6. The quantitative estimate of drug-likeness (QED) is 0.374. The van der Waals surface area contributed by atoms with E-state index >= 15 is 0 Å². The number of nitrogens with zero attached hydrogens (tertiary/aromatic N) is 5. The van der Waals surface area contributed by atoms with Crippen molar-refractivity contribution in [3.63, 3.8) is 0 Å². The zero-order chi connectivity index (χ0) is 22.1. The van der Waals surface area contributed by atoms with E-state index in [4.69, 9.17) is 0 Å². The van der Waals surface area contributed by atoms with E-state index in [9.17, 15) is 4.79 Å². The van der Waals surface area contributed by atoms with Crippen molar-refractivity contribution < 1.29 is 4.79 Å². The van der Waals surface area contributed by atoms with Gasteiger partial charge in [-0.25, -0.2) is 14.5 Å². The van der Waals surface area contributed by atoms with Crippen LogP contribution < -0.4 is 5.32 Å². The van der Waals surface area contributed by atoms with Gasteiger partial charge in [-0.05, 0) is 43.7 Å². The van der Waals surface area contributed by atoms with Gasteiger partial charge >= 0.3 is 0 Å². The molecule has 3 aromatic heterocycles. The molecule has 0 aliphatic carbocycles. The van der Waals surface area contributed by atoms with Crippen LogP contribution in [0.15, 0.2) is 59.8 Å². The van der Waals surface area contributed by atoms with Crippen LogP contribution in [0.5, 0.6) is 0 Å². The van der Waals surface area contributed by atoms with E-state index in [1.54, 1.807) is 15.9 Å². The Hall–Kier alpha value is -3.30. The number of hydrogen-bond acceptors (Lipinski definition) is 7. The molecule has 0 bridgehead atoms. The van der Waals surface area contributed by atoms with Gasteiger partial charge in [-0.15, -0.1) is 16.4 Å². The molecule has 5 aromatic rings. The molecule has 32 heavy (non-hydrogen) atoms. The van der Waals surface area contributed by atoms with Gasteiger partial charge in [0.25, 0.3) is 11.7 Å². The molecule has 0 atom stereocenters. The molecule has 0 saturated carbocycles. The summed E-state index contributed by atoms with van der Waals surface area (Å²) >= 11 is 3.08. The molecule has 2 aromatic carbocycles. The maximum absolute atomic E-state index is 12.9. The molecule has 0 spiro atoms. The number of aryl methyl sites for hydroxylation is 2. The van der Waals surface area contributed by atoms with Gasteiger partial charge in [-0.3, -0.25) is 4.79 Å². The topological polar surface area (TPSA) is 85.1 Å². The van der Waals surface area contributed by atoms with Crippen LogP contribution in [0.3, 0.4) is 0 Å². The Kier molecular flexibility index (Phi) is 5.59. The van der Waals surface area contributed by atoms with Gasteiger partial charge < -0.3 is 5.32 Å². The summed E-state index contributed by atoms with van der Waals surface area (Å²) in [4.78, 5) is 26.4. The van der Waals surface area contributed by atoms with Gasteiger partial charge in [-0.1, -0.05) is 42.1 Å². The highest BCUT2D eigenvalue weighted by atomic mass is 32.2. The Morgan fingerprint density at radius 2 is 1.88 bits per heavy atom. The summed E-state index contributed by atoms with van der Waals surface area (Å²) in [5, 5.41) is 9.07. The minimum Gasteiger partial charge on any atom is -0.346 e. The second-order valence-electron chi connectivity index (χ2n) is 7.35. The third kappa shape index (κ3) is 4.21. The lowest BCUT2D eigenvalue weighted by Crippen LogP contribution is -2.23. The lowest BCUT2D eigenvalue weighted by molar-refractivity contribution is 0.0950. The summed E-state index contributed by atoms with van der Waals surface area (Å²) in [5.41, 5.74) is 4.43. The Morgan fingerprint density at radius 1 is 1.06 bits per heavy atom. The van der Waals surface area contributed by atoms with Gasteiger partial charge in [0.2, 0.25) is 5.16 Å². The number of thioether (sulfide) groups is 1. The predicted molar refractivity (Wildman–Crippen MR) is 127 cm³/mol. The van der Waals surface area contributed by atoms with Crippen LogP contribution >= 0.6 is 23.1 Å². The smallest absolute Gasteiger partial charge is 0.253 e. The summed E-state index contributed by atoms with van der Waals surface area (Å²) in [6.07, 6.45) is 0. The molecule has 9 heteroatoms. The molecule has 0 saturated heterocycles. The van der Waals surface area contributed by atoms with E-state index in [0.717, 1.165) is 32.2 Å². The average molecular weight is 461 g/mol. The third-order valence-corrected chi connectivity index (χ3v) is 6.88. The first-order valence-electron chi connectivity index (χ1n) is 10.1. The van der Waals surface area contributed by atoms with Crippen molar-refractivity contribution in [3.05, 3.63) is 82.1 Å². The van der Waals surface area contributed by atoms with Crippen molar-refractivity contribution in [2.75, 3.05) is 0 Å². The second-order valence-corrected chi connectivity index (χ2v) is 9.41. The van der Waals surface area contributed by atoms with Crippen LogP contribution in [0.4, 0.5) is 0 Å². The number of thiazole rings is 1. The highest BCUT2D eigenvalue weighted by Gasteiger charge is 2.14. The summed E-state index contributed by atoms with van der Waals surface area (Å²) < 4.78 is 2.86. The van der Waals surface area contributed by atoms with E-state index < -0.39 is 0 Å². The number of rotatable bonds is 6. The number of aromatic nitrogens is 5. The Labute approximate surface area is 192 Å². The SMILES string of the molecule is Cc1cc(C)n2nc(SCc3ccccc3C(=O)NCc3nc4ccccc4s3)nc2n1. The van der Waals surface area contributed by atoms with Gasteiger partial charge in [0, 0.05) is 22.7 Å². The van der Waals surface area contributed by atoms with Crippen LogP contribution in [-0.4, -0.2) is 30.5 Å². The van der Waals surface area contributed by atoms with E-state index in [-0.39, 0.29) is 5.91 Å². The third-order valence-electron chi connectivity index (χ3n) is 4.96. The fraction of sp³-hybridized carbons (Fsp3) is 0.174. The lowest BCUT2D eigenvalue weighted by Gasteiger charge is -2.08. The van der Waals surface area contributed by atoms with Crippen LogP contribution in [0.1, 0.15) is 32.3 Å². The van der Waals surface area contributed by atoms with E-state index in [0.29, 0.717) is 28.8 Å². The highest BCUT2D eigenvalue weighted by molar-refractivity contribution is 7.98. The molecule has 1 amide bonds. The Bertz CT molecular complexity index is 1410. The number of fused-ring (bicyclic) bond motifs is 2. The van der Waals surface area contributed by atoms with Gasteiger partial charge in [0.1, 0.15) is 5.01 Å². The fourth-order valence-corrected chi connectivity index (χ4v) is 5.19. The number of benzene rings is 2. The first-order chi connectivity index (χ1) is 15.6. The monoisotopic (exact) mass is 460 g/mol. The largest absolute Gasteiger partial charge is 0.346 e. The molecule has 1 N–H and O–H groups in total. The zero-order valence-electron chi connectivity index (χ0n) is 17.6. The number of carbonyl (C=O) groups is 1. The zero-order valence-corrected chi connectivity index (χ0v) is 19.2. The molecule has 160 valence electrons. The maximum atomic E-state index is 12.9. The molecular weight excluding hydrogens is 440 g/mol. The van der Waals surface area contributed by atoms with Crippen molar-refractivity contribution in [2.45, 2.75) is 31.3 Å². The predicted octanol–water partition coefficient (Wildman–Crippen LogP) is 4.57. The molecule has 0 radical (unpaired) electrons. The Morgan fingerprint density at radius 3 is 2.75 bits per heavy atom. The molecule has 5 rings (SSSR count). The molecule has 0 fully saturated rings. The molecule has 0 aliphatic rings. The maximum Gasteiger partial charge on any atom is 0.253 e. The normalized spacial score (nSPS) is 11.3. The number of carbonyl (C=O) groups excluding carboxylic acids is 1. The second kappa shape index (κ2) is 8.68. The van der Waals surface area contributed by atoms with Crippen molar-refractivity contribution >= 4 is 45.0 Å². The van der Waals surface area contributed by atoms with Crippen LogP contribution in [0.2, 0.25) is 0 Å². The standard InChI is InChI=1S/C23H20N6OS2/c1-14-11-15(2)29-22(25-14)27-23(28-29)31-13-16-7-3-4-8-17(16)21(30)24-12-20-26-18-9-5-6-10-19(18)32-20/h3-11H,12-13H2,1-2H3,(H,24,30). The number of para-hydroxylation sites is 1. The molecule has 0 unspecified atom stereocenters. The Balaban J connectivity index is 1.29. The molecule has 3 heterocycles. The first kappa shape index (κ1) is 20.6. The highest BCUT2D eigenvalue weighted by Crippen LogP contribution is 2.24. The van der Waals surface area contributed by atoms with Gasteiger partial charge in [-0.2, -0.15) is 4.98 Å². The number of amides is 1. The molecule has 7 nitrogen and oxygen atoms in total. The lowest BCUT2D eigenvalue weighted by atomic mass is 10.1. The minimum atomic E-state index is -0.114. The van der Waals surface area contributed by atoms with Crippen LogP contribution in [-0.2, 0) is 12.3 Å². The first-order valence-corrected chi connectivity index (χ1v) is 11.9. The van der Waals surface area contributed by atoms with E-state index in [1.807, 2.05) is 68.4 Å². The van der Waals surface area contributed by atoms with Crippen LogP contribution in [0, 0.1) is 13.8 Å². The molecule has 0 aliphatic heterocycles. The molecular formula is C23H20N6OS2. The van der Waals surface area contributed by atoms with Gasteiger partial charge in [0.15, 0.2) is 0 Å². The summed E-state index contributed by atoms with van der Waals surface area (Å²) in [5.74, 6) is 1.06. The number of hydrogen-bond donors (Lipinski definition) is 1. The minimum absolute atomic E-state index is 0.114. The number of nitrogens with one attached hydrogen (secondary N) is 1. The fourth-order valence-electron chi connectivity index (χ4n) is 3.47. The van der Waals surface area contributed by atoms with Gasteiger partial charge in [0.05, 0.1) is 16.8 Å². The summed E-state index contributed by atoms with van der Waals surface area (Å²) in [6.45, 7) is 4.32. The summed E-state index contributed by atoms with van der Waals surface area (Å²) in [7, 11) is 0. The van der Waals surface area contributed by atoms with Crippen molar-refractivity contribution in [1.82, 2.24) is 29.9 Å². The van der Waals surface area contributed by atoms with E-state index in [2.05, 4.69) is 25.4 Å². The average Bonchev–Trinajstić information content (AvgIpc) is 3.40. The van der Waals surface area contributed by atoms with Crippen molar-refractivity contribution in [2.24, 2.45) is 0 Å². The van der Waals surface area contributed by atoms with Crippen LogP contribution in [0.25, 0.3) is 16.0 Å². The van der Waals surface area contributed by atoms with E-state index in [1.165, 1.54) is 11.8 Å². The van der Waals surface area contributed by atoms with Crippen molar-refractivity contribution in [3.8, 4) is 0 Å². The van der Waals surface area contributed by atoms with Crippen molar-refractivity contribution in [1.29, 1.82) is 0 Å².